The van der Waals surface area contributed by atoms with E-state index in [2.05, 4.69) is 24.1 Å². The Morgan fingerprint density at radius 1 is 1.06 bits per heavy atom. The van der Waals surface area contributed by atoms with Crippen molar-refractivity contribution in [1.82, 2.24) is 10.2 Å². The maximum atomic E-state index is 3.59. The van der Waals surface area contributed by atoms with Crippen molar-refractivity contribution in [2.75, 3.05) is 19.6 Å². The molecule has 16 heavy (non-hydrogen) atoms. The first-order valence-corrected chi connectivity index (χ1v) is 7.27. The highest BCUT2D eigenvalue weighted by Crippen LogP contribution is 2.29. The number of nitrogens with one attached hydrogen (secondary N) is 1. The zero-order valence-corrected chi connectivity index (χ0v) is 11.0. The minimum atomic E-state index is 0.719. The highest BCUT2D eigenvalue weighted by Gasteiger charge is 2.26. The predicted molar refractivity (Wildman–Crippen MR) is 69.7 cm³/mol. The van der Waals surface area contributed by atoms with Crippen LogP contribution in [0.5, 0.6) is 0 Å². The van der Waals surface area contributed by atoms with E-state index in [9.17, 15) is 0 Å². The molecule has 94 valence electrons. The summed E-state index contributed by atoms with van der Waals surface area (Å²) < 4.78 is 0. The molecule has 2 nitrogen and oxygen atoms in total. The molecule has 1 saturated carbocycles. The third-order valence-electron chi connectivity index (χ3n) is 4.65. The summed E-state index contributed by atoms with van der Waals surface area (Å²) in [6.45, 7) is 8.44. The normalized spacial score (nSPS) is 38.2. The summed E-state index contributed by atoms with van der Waals surface area (Å²) in [4.78, 5) is 2.75. The fraction of sp³-hybridized carbons (Fsp3) is 1.00. The highest BCUT2D eigenvalue weighted by molar-refractivity contribution is 4.82. The number of hydrogen-bond acceptors (Lipinski definition) is 2. The summed E-state index contributed by atoms with van der Waals surface area (Å²) in [5.74, 6) is 1.03. The van der Waals surface area contributed by atoms with Gasteiger partial charge in [0.25, 0.3) is 0 Å². The molecule has 1 atom stereocenters. The van der Waals surface area contributed by atoms with Gasteiger partial charge in [0.05, 0.1) is 0 Å². The van der Waals surface area contributed by atoms with Gasteiger partial charge in [-0.15, -0.1) is 0 Å². The first kappa shape index (κ1) is 12.4. The van der Waals surface area contributed by atoms with Gasteiger partial charge in [0.15, 0.2) is 0 Å². The van der Waals surface area contributed by atoms with Gasteiger partial charge in [0.2, 0.25) is 0 Å². The molecule has 1 N–H and O–H groups in total. The lowest BCUT2D eigenvalue weighted by molar-refractivity contribution is 0.142. The van der Waals surface area contributed by atoms with Crippen LogP contribution in [0.1, 0.15) is 52.4 Å². The van der Waals surface area contributed by atoms with Crippen LogP contribution in [0.2, 0.25) is 0 Å². The number of rotatable bonds is 2. The van der Waals surface area contributed by atoms with Crippen LogP contribution in [0.3, 0.4) is 0 Å². The van der Waals surface area contributed by atoms with Crippen molar-refractivity contribution >= 4 is 0 Å². The van der Waals surface area contributed by atoms with E-state index >= 15 is 0 Å². The first-order valence-electron chi connectivity index (χ1n) is 7.27. The molecule has 1 saturated heterocycles. The summed E-state index contributed by atoms with van der Waals surface area (Å²) in [7, 11) is 0. The van der Waals surface area contributed by atoms with E-state index in [1.165, 1.54) is 58.2 Å². The minimum absolute atomic E-state index is 0.719. The fourth-order valence-corrected chi connectivity index (χ4v) is 3.31. The molecule has 1 aliphatic heterocycles. The van der Waals surface area contributed by atoms with Gasteiger partial charge in [0, 0.05) is 25.2 Å². The topological polar surface area (TPSA) is 15.3 Å². The van der Waals surface area contributed by atoms with E-state index < -0.39 is 0 Å². The molecule has 0 aromatic carbocycles. The lowest BCUT2D eigenvalue weighted by Gasteiger charge is -2.36. The van der Waals surface area contributed by atoms with Crippen molar-refractivity contribution in [3.05, 3.63) is 0 Å². The molecular weight excluding hydrogens is 196 g/mol. The monoisotopic (exact) mass is 224 g/mol. The smallest absolute Gasteiger partial charge is 0.0110 e. The summed E-state index contributed by atoms with van der Waals surface area (Å²) in [5.41, 5.74) is 0. The molecule has 0 aromatic heterocycles. The second-order valence-corrected chi connectivity index (χ2v) is 5.76. The Kier molecular flexibility index (Phi) is 4.66. The average Bonchev–Trinajstić information content (AvgIpc) is 2.54. The van der Waals surface area contributed by atoms with E-state index in [1.807, 2.05) is 0 Å². The lowest BCUT2D eigenvalue weighted by atomic mass is 9.84. The Balaban J connectivity index is 1.79. The predicted octanol–water partition coefficient (Wildman–Crippen LogP) is 2.64. The summed E-state index contributed by atoms with van der Waals surface area (Å²) in [6.07, 6.45) is 8.57. The molecule has 1 heterocycles. The molecule has 2 fully saturated rings. The van der Waals surface area contributed by atoms with E-state index in [0.717, 1.165) is 18.0 Å². The van der Waals surface area contributed by atoms with E-state index in [-0.39, 0.29) is 0 Å². The number of hydrogen-bond donors (Lipinski definition) is 1. The van der Waals surface area contributed by atoms with Crippen molar-refractivity contribution in [1.29, 1.82) is 0 Å². The molecule has 0 radical (unpaired) electrons. The van der Waals surface area contributed by atoms with Gasteiger partial charge < -0.3 is 5.32 Å². The molecular formula is C14H28N2. The molecule has 0 aromatic rings. The molecule has 0 bridgehead atoms. The third kappa shape index (κ3) is 3.21. The van der Waals surface area contributed by atoms with E-state index in [1.54, 1.807) is 0 Å². The first-order chi connectivity index (χ1) is 7.79. The zero-order valence-electron chi connectivity index (χ0n) is 11.0. The van der Waals surface area contributed by atoms with Crippen molar-refractivity contribution in [3.63, 3.8) is 0 Å². The fourth-order valence-electron chi connectivity index (χ4n) is 3.31. The Labute approximate surface area is 101 Å². The summed E-state index contributed by atoms with van der Waals surface area (Å²) >= 11 is 0. The second kappa shape index (κ2) is 6.02. The molecule has 2 heteroatoms. The quantitative estimate of drug-likeness (QED) is 0.776. The van der Waals surface area contributed by atoms with Crippen LogP contribution in [0.4, 0.5) is 0 Å². The van der Waals surface area contributed by atoms with Crippen LogP contribution in [0.15, 0.2) is 0 Å². The largest absolute Gasteiger partial charge is 0.313 e. The van der Waals surface area contributed by atoms with Crippen LogP contribution >= 0.6 is 0 Å². The van der Waals surface area contributed by atoms with Gasteiger partial charge in [-0.05, 0) is 51.5 Å². The SMILES string of the molecule is CCC1CCC(N2CCNC(C)CC2)CC1. The van der Waals surface area contributed by atoms with Crippen LogP contribution in [0, 0.1) is 5.92 Å². The lowest BCUT2D eigenvalue weighted by Crippen LogP contribution is -2.40. The van der Waals surface area contributed by atoms with Crippen molar-refractivity contribution in [2.24, 2.45) is 5.92 Å². The van der Waals surface area contributed by atoms with Crippen LogP contribution in [-0.4, -0.2) is 36.6 Å². The van der Waals surface area contributed by atoms with Crippen molar-refractivity contribution in [2.45, 2.75) is 64.5 Å². The van der Waals surface area contributed by atoms with Gasteiger partial charge in [-0.3, -0.25) is 4.90 Å². The second-order valence-electron chi connectivity index (χ2n) is 5.76. The minimum Gasteiger partial charge on any atom is -0.313 e. The van der Waals surface area contributed by atoms with Gasteiger partial charge in [0.1, 0.15) is 0 Å². The molecule has 1 unspecified atom stereocenters. The Morgan fingerprint density at radius 3 is 2.50 bits per heavy atom. The standard InChI is InChI=1S/C14H28N2/c1-3-13-4-6-14(7-5-13)16-10-8-12(2)15-9-11-16/h12-15H,3-11H2,1-2H3. The Bertz CT molecular complexity index is 197. The Hall–Kier alpha value is -0.0800. The zero-order chi connectivity index (χ0) is 11.4. The van der Waals surface area contributed by atoms with Gasteiger partial charge in [-0.1, -0.05) is 13.3 Å². The Morgan fingerprint density at radius 2 is 1.81 bits per heavy atom. The van der Waals surface area contributed by atoms with Gasteiger partial charge >= 0.3 is 0 Å². The molecule has 0 spiro atoms. The van der Waals surface area contributed by atoms with Gasteiger partial charge in [-0.25, -0.2) is 0 Å². The van der Waals surface area contributed by atoms with E-state index in [4.69, 9.17) is 0 Å². The van der Waals surface area contributed by atoms with Crippen LogP contribution in [0.25, 0.3) is 0 Å². The van der Waals surface area contributed by atoms with Crippen LogP contribution < -0.4 is 5.32 Å². The molecule has 2 rings (SSSR count). The maximum absolute atomic E-state index is 3.59. The average molecular weight is 224 g/mol. The van der Waals surface area contributed by atoms with Crippen LogP contribution in [-0.2, 0) is 0 Å². The van der Waals surface area contributed by atoms with E-state index in [0.29, 0.717) is 0 Å². The molecule has 1 aliphatic carbocycles. The maximum Gasteiger partial charge on any atom is 0.0110 e. The van der Waals surface area contributed by atoms with Crippen molar-refractivity contribution < 1.29 is 0 Å². The number of nitrogens with zero attached hydrogens (tertiary/aromatic N) is 1. The summed E-state index contributed by atoms with van der Waals surface area (Å²) in [5, 5.41) is 3.59. The van der Waals surface area contributed by atoms with Gasteiger partial charge in [-0.2, -0.15) is 0 Å². The molecule has 0 amide bonds. The molecule has 2 aliphatic rings. The van der Waals surface area contributed by atoms with Crippen molar-refractivity contribution in [3.8, 4) is 0 Å². The third-order valence-corrected chi connectivity index (χ3v) is 4.65. The summed E-state index contributed by atoms with van der Waals surface area (Å²) in [6, 6.07) is 1.62. The highest BCUT2D eigenvalue weighted by atomic mass is 15.2.